The third kappa shape index (κ3) is 3.33. The Morgan fingerprint density at radius 3 is 2.64 bits per heavy atom. The number of hydrogen-bond donors (Lipinski definition) is 1. The molecule has 22 heavy (non-hydrogen) atoms. The van der Waals surface area contributed by atoms with Gasteiger partial charge in [0.1, 0.15) is 5.69 Å². The number of esters is 1. The molecule has 0 radical (unpaired) electrons. The van der Waals surface area contributed by atoms with Crippen LogP contribution in [0.3, 0.4) is 0 Å². The first-order valence-corrected chi connectivity index (χ1v) is 7.30. The SMILES string of the molecule is CC(C)OC(=O)c1cccc(-n2nnc(CO)c2C(C)C)c1. The second kappa shape index (κ2) is 6.70. The van der Waals surface area contributed by atoms with E-state index in [4.69, 9.17) is 4.74 Å². The van der Waals surface area contributed by atoms with Crippen molar-refractivity contribution in [3.8, 4) is 5.69 Å². The average Bonchev–Trinajstić information content (AvgIpc) is 2.90. The van der Waals surface area contributed by atoms with Gasteiger partial charge in [-0.05, 0) is 38.0 Å². The molecule has 0 aliphatic carbocycles. The minimum absolute atomic E-state index is 0.142. The molecule has 1 N–H and O–H groups in total. The van der Waals surface area contributed by atoms with E-state index in [1.807, 2.05) is 33.8 Å². The second-order valence-electron chi connectivity index (χ2n) is 5.65. The fraction of sp³-hybridized carbons (Fsp3) is 0.438. The molecule has 1 aromatic heterocycles. The van der Waals surface area contributed by atoms with Gasteiger partial charge in [0.05, 0.1) is 29.7 Å². The fourth-order valence-corrected chi connectivity index (χ4v) is 2.25. The molecule has 0 saturated carbocycles. The molecule has 6 heteroatoms. The van der Waals surface area contributed by atoms with Crippen LogP contribution in [0.15, 0.2) is 24.3 Å². The third-order valence-corrected chi connectivity index (χ3v) is 3.14. The first-order valence-electron chi connectivity index (χ1n) is 7.30. The standard InChI is InChI=1S/C16H21N3O3/c1-10(2)15-14(9-20)17-18-19(15)13-7-5-6-12(8-13)16(21)22-11(3)4/h5-8,10-11,20H,9H2,1-4H3. The van der Waals surface area contributed by atoms with Crippen molar-refractivity contribution in [2.45, 2.75) is 46.3 Å². The number of rotatable bonds is 5. The zero-order valence-electron chi connectivity index (χ0n) is 13.3. The lowest BCUT2D eigenvalue weighted by atomic mass is 10.1. The van der Waals surface area contributed by atoms with Gasteiger partial charge in [0.25, 0.3) is 0 Å². The lowest BCUT2D eigenvalue weighted by molar-refractivity contribution is 0.0378. The van der Waals surface area contributed by atoms with Crippen LogP contribution in [0.2, 0.25) is 0 Å². The summed E-state index contributed by atoms with van der Waals surface area (Å²) in [4.78, 5) is 12.0. The van der Waals surface area contributed by atoms with Crippen LogP contribution < -0.4 is 0 Å². The Bertz CT molecular complexity index is 662. The molecule has 0 aliphatic rings. The normalized spacial score (nSPS) is 11.2. The Kier molecular flexibility index (Phi) is 4.92. The molecule has 118 valence electrons. The molecule has 2 aromatic rings. The van der Waals surface area contributed by atoms with Gasteiger partial charge in [-0.25, -0.2) is 9.48 Å². The van der Waals surface area contributed by atoms with Crippen LogP contribution in [0.25, 0.3) is 5.69 Å². The van der Waals surface area contributed by atoms with E-state index in [9.17, 15) is 9.90 Å². The molecule has 0 saturated heterocycles. The van der Waals surface area contributed by atoms with Gasteiger partial charge < -0.3 is 9.84 Å². The smallest absolute Gasteiger partial charge is 0.338 e. The summed E-state index contributed by atoms with van der Waals surface area (Å²) in [5.41, 5.74) is 2.55. The Morgan fingerprint density at radius 2 is 2.05 bits per heavy atom. The Labute approximate surface area is 129 Å². The summed E-state index contributed by atoms with van der Waals surface area (Å²) >= 11 is 0. The number of nitrogens with zero attached hydrogens (tertiary/aromatic N) is 3. The van der Waals surface area contributed by atoms with Gasteiger partial charge >= 0.3 is 5.97 Å². The highest BCUT2D eigenvalue weighted by Crippen LogP contribution is 2.22. The van der Waals surface area contributed by atoms with Gasteiger partial charge in [-0.2, -0.15) is 0 Å². The predicted molar refractivity (Wildman–Crippen MR) is 81.9 cm³/mol. The van der Waals surface area contributed by atoms with Crippen molar-refractivity contribution >= 4 is 5.97 Å². The molecule has 2 rings (SSSR count). The van der Waals surface area contributed by atoms with Crippen LogP contribution in [0.5, 0.6) is 0 Å². The number of benzene rings is 1. The molecule has 6 nitrogen and oxygen atoms in total. The largest absolute Gasteiger partial charge is 0.459 e. The van der Waals surface area contributed by atoms with Gasteiger partial charge in [-0.1, -0.05) is 25.1 Å². The van der Waals surface area contributed by atoms with E-state index >= 15 is 0 Å². The lowest BCUT2D eigenvalue weighted by Gasteiger charge is -2.12. The molecule has 0 amide bonds. The number of carbonyl (C=O) groups is 1. The Balaban J connectivity index is 2.42. The minimum Gasteiger partial charge on any atom is -0.459 e. The summed E-state index contributed by atoms with van der Waals surface area (Å²) in [7, 11) is 0. The maximum absolute atomic E-state index is 12.0. The maximum Gasteiger partial charge on any atom is 0.338 e. The van der Waals surface area contributed by atoms with E-state index in [-0.39, 0.29) is 24.6 Å². The molecule has 1 aromatic carbocycles. The first kappa shape index (κ1) is 16.2. The molecule has 0 fully saturated rings. The van der Waals surface area contributed by atoms with Crippen LogP contribution in [0.1, 0.15) is 55.4 Å². The highest BCUT2D eigenvalue weighted by atomic mass is 16.5. The molecule has 1 heterocycles. The van der Waals surface area contributed by atoms with E-state index in [1.165, 1.54) is 0 Å². The van der Waals surface area contributed by atoms with Crippen LogP contribution in [0, 0.1) is 0 Å². The molecular weight excluding hydrogens is 282 g/mol. The van der Waals surface area contributed by atoms with Gasteiger partial charge in [0, 0.05) is 0 Å². The first-order chi connectivity index (χ1) is 10.4. The Hall–Kier alpha value is -2.21. The number of hydrogen-bond acceptors (Lipinski definition) is 5. The van der Waals surface area contributed by atoms with Crippen molar-refractivity contribution in [2.75, 3.05) is 0 Å². The molecule has 0 aliphatic heterocycles. The second-order valence-corrected chi connectivity index (χ2v) is 5.65. The minimum atomic E-state index is -0.370. The number of aromatic nitrogens is 3. The van der Waals surface area contributed by atoms with Gasteiger partial charge in [0.2, 0.25) is 0 Å². The summed E-state index contributed by atoms with van der Waals surface area (Å²) in [6.45, 7) is 7.46. The topological polar surface area (TPSA) is 77.2 Å². The number of ether oxygens (including phenoxy) is 1. The monoisotopic (exact) mass is 303 g/mol. The van der Waals surface area contributed by atoms with E-state index in [0.29, 0.717) is 16.9 Å². The third-order valence-electron chi connectivity index (χ3n) is 3.14. The van der Waals surface area contributed by atoms with Crippen molar-refractivity contribution in [1.29, 1.82) is 0 Å². The van der Waals surface area contributed by atoms with Crippen molar-refractivity contribution in [1.82, 2.24) is 15.0 Å². The van der Waals surface area contributed by atoms with Crippen molar-refractivity contribution < 1.29 is 14.6 Å². The highest BCUT2D eigenvalue weighted by molar-refractivity contribution is 5.90. The van der Waals surface area contributed by atoms with Crippen LogP contribution in [0.4, 0.5) is 0 Å². The zero-order chi connectivity index (χ0) is 16.3. The summed E-state index contributed by atoms with van der Waals surface area (Å²) < 4.78 is 6.86. The highest BCUT2D eigenvalue weighted by Gasteiger charge is 2.18. The number of aliphatic hydroxyl groups is 1. The predicted octanol–water partition coefficient (Wildman–Crippen LogP) is 2.45. The maximum atomic E-state index is 12.0. The molecular formula is C16H21N3O3. The summed E-state index contributed by atoms with van der Waals surface area (Å²) in [6, 6.07) is 7.03. The van der Waals surface area contributed by atoms with Crippen molar-refractivity contribution in [3.63, 3.8) is 0 Å². The number of aliphatic hydroxyl groups excluding tert-OH is 1. The quantitative estimate of drug-likeness (QED) is 0.858. The zero-order valence-corrected chi connectivity index (χ0v) is 13.3. The average molecular weight is 303 g/mol. The molecule has 0 unspecified atom stereocenters. The van der Waals surface area contributed by atoms with Crippen LogP contribution in [-0.4, -0.2) is 32.2 Å². The van der Waals surface area contributed by atoms with Crippen LogP contribution >= 0.6 is 0 Å². The summed E-state index contributed by atoms with van der Waals surface area (Å²) in [6.07, 6.45) is -0.172. The van der Waals surface area contributed by atoms with E-state index in [1.54, 1.807) is 22.9 Å². The van der Waals surface area contributed by atoms with Crippen LogP contribution in [-0.2, 0) is 11.3 Å². The van der Waals surface area contributed by atoms with Gasteiger partial charge in [-0.15, -0.1) is 5.10 Å². The van der Waals surface area contributed by atoms with Crippen molar-refractivity contribution in [3.05, 3.63) is 41.2 Å². The van der Waals surface area contributed by atoms with E-state index < -0.39 is 0 Å². The molecule has 0 bridgehead atoms. The summed E-state index contributed by atoms with van der Waals surface area (Å²) in [5, 5.41) is 17.5. The van der Waals surface area contributed by atoms with E-state index in [2.05, 4.69) is 10.3 Å². The fourth-order valence-electron chi connectivity index (χ4n) is 2.25. The van der Waals surface area contributed by atoms with E-state index in [0.717, 1.165) is 5.69 Å². The summed E-state index contributed by atoms with van der Waals surface area (Å²) in [5.74, 6) is -0.228. The van der Waals surface area contributed by atoms with Gasteiger partial charge in [0.15, 0.2) is 0 Å². The lowest BCUT2D eigenvalue weighted by Crippen LogP contribution is -2.12. The number of carbonyl (C=O) groups excluding carboxylic acids is 1. The van der Waals surface area contributed by atoms with Crippen molar-refractivity contribution in [2.24, 2.45) is 0 Å². The molecule has 0 spiro atoms. The Morgan fingerprint density at radius 1 is 1.32 bits per heavy atom. The molecule has 0 atom stereocenters. The van der Waals surface area contributed by atoms with Gasteiger partial charge in [-0.3, -0.25) is 0 Å².